The molecule has 1 saturated carbocycles. The summed E-state index contributed by atoms with van der Waals surface area (Å²) < 4.78 is 10.9. The average molecular weight is 841 g/mol. The van der Waals surface area contributed by atoms with E-state index in [9.17, 15) is 9.90 Å². The summed E-state index contributed by atoms with van der Waals surface area (Å²) in [6, 6.07) is 18.5. The van der Waals surface area contributed by atoms with Gasteiger partial charge in [0, 0.05) is 59.9 Å². The summed E-state index contributed by atoms with van der Waals surface area (Å²) in [6.45, 7) is 15.2. The number of aliphatic hydroxyl groups excluding tert-OH is 1. The summed E-state index contributed by atoms with van der Waals surface area (Å²) >= 11 is 1.79. The number of nitrogens with zero attached hydrogens (tertiary/aromatic N) is 2. The number of carbonyl (C=O) groups excluding carboxylic acids is 1. The minimum atomic E-state index is 0. The number of allylic oxidation sites excluding steroid dienone is 2. The van der Waals surface area contributed by atoms with Gasteiger partial charge < -0.3 is 5.11 Å². The Hall–Kier alpha value is -2.92. The predicted octanol–water partition coefficient (Wildman–Crippen LogP) is 12.3. The molecule has 4 nitrogen and oxygen atoms in total. The summed E-state index contributed by atoms with van der Waals surface area (Å²) in [4.78, 5) is 21.1. The van der Waals surface area contributed by atoms with Crippen LogP contribution in [0.4, 0.5) is 0 Å². The zero-order valence-corrected chi connectivity index (χ0v) is 32.8. The molecule has 3 aromatic carbocycles. The van der Waals surface area contributed by atoms with E-state index in [0.717, 1.165) is 57.9 Å². The third-order valence-electron chi connectivity index (χ3n) is 10.4. The number of benzene rings is 3. The maximum absolute atomic E-state index is 11.7. The molecule has 0 bridgehead atoms. The number of aryl methyl sites for hydroxylation is 1. The summed E-state index contributed by atoms with van der Waals surface area (Å²) in [7, 11) is 0. The number of aliphatic hydroxyl groups is 1. The molecular formula is C42H51IrN2O2S-. The smallest absolute Gasteiger partial charge is 0.162 e. The van der Waals surface area contributed by atoms with Crippen molar-refractivity contribution in [2.75, 3.05) is 0 Å². The van der Waals surface area contributed by atoms with E-state index in [1.54, 1.807) is 17.7 Å². The number of thiophene rings is 1. The molecule has 2 aromatic heterocycles. The Morgan fingerprint density at radius 1 is 1.00 bits per heavy atom. The number of hydrogen-bond donors (Lipinski definition) is 1. The standard InChI is InChI=1S/C29H27N2S.C13H24O2.Ir/c1-18-23(20-12-14-29(2,3)15-13-20)10-11-24-26-28(32-27(18)24)25(30-17-31-26)22-9-8-19-6-4-5-7-21(19)16-22;1-5-10(6-2)12(14)9-13(15)11(7-3)8-4;/h4-11,17,20H,12-15H2,1-3H3;9-11,14H,5-8H2,1-4H3;/q-1;;/b;12-9-;/i8D;;. The first-order valence-electron chi connectivity index (χ1n) is 18.0. The van der Waals surface area contributed by atoms with Crippen LogP contribution < -0.4 is 0 Å². The van der Waals surface area contributed by atoms with Crippen LogP contribution >= 0.6 is 11.3 Å². The third kappa shape index (κ3) is 8.26. The largest absolute Gasteiger partial charge is 0.512 e. The van der Waals surface area contributed by atoms with Gasteiger partial charge in [0.2, 0.25) is 0 Å². The fourth-order valence-electron chi connectivity index (χ4n) is 7.09. The van der Waals surface area contributed by atoms with E-state index in [1.807, 2.05) is 58.0 Å². The SMILES string of the molecule is CCC(CC)C(=O)/C=C(\O)C(CC)CC.[2H]c1cc(-c2ncnc3c2sc2c(C)c(C4CCC(C)(C)CC4)ccc23)[c-]c2ccccc12.[Ir]. The minimum absolute atomic E-state index is 0. The average Bonchev–Trinajstić information content (AvgIpc) is 3.46. The van der Waals surface area contributed by atoms with Crippen molar-refractivity contribution in [3.8, 4) is 11.3 Å². The first-order chi connectivity index (χ1) is 23.0. The summed E-state index contributed by atoms with van der Waals surface area (Å²) in [5.74, 6) is 1.20. The monoisotopic (exact) mass is 841 g/mol. The topological polar surface area (TPSA) is 63.1 Å². The Labute approximate surface area is 306 Å². The van der Waals surface area contributed by atoms with Gasteiger partial charge in [0.25, 0.3) is 0 Å². The van der Waals surface area contributed by atoms with Crippen LogP contribution in [0.1, 0.15) is 111 Å². The van der Waals surface area contributed by atoms with Gasteiger partial charge in [0.05, 0.1) is 11.3 Å². The van der Waals surface area contributed by atoms with Crippen molar-refractivity contribution in [2.24, 2.45) is 17.3 Å². The Balaban J connectivity index is 0.000000290. The fraction of sp³-hybridized carbons (Fsp3) is 0.452. The molecule has 0 spiro atoms. The Morgan fingerprint density at radius 3 is 2.33 bits per heavy atom. The number of fused-ring (bicyclic) bond motifs is 4. The maximum atomic E-state index is 11.7. The van der Waals surface area contributed by atoms with Crippen LogP contribution in [0, 0.1) is 30.2 Å². The van der Waals surface area contributed by atoms with Crippen molar-refractivity contribution in [3.63, 3.8) is 0 Å². The quantitative estimate of drug-likeness (QED) is 0.0912. The van der Waals surface area contributed by atoms with Gasteiger partial charge in [-0.1, -0.05) is 82.8 Å². The molecule has 0 atom stereocenters. The second kappa shape index (κ2) is 16.7. The summed E-state index contributed by atoms with van der Waals surface area (Å²) in [5.41, 5.74) is 6.13. The molecule has 257 valence electrons. The van der Waals surface area contributed by atoms with Gasteiger partial charge in [-0.3, -0.25) is 9.78 Å². The van der Waals surface area contributed by atoms with E-state index >= 15 is 0 Å². The molecule has 1 radical (unpaired) electrons. The van der Waals surface area contributed by atoms with Crippen molar-refractivity contribution in [1.29, 1.82) is 0 Å². The number of ketones is 1. The fourth-order valence-corrected chi connectivity index (χ4v) is 8.36. The van der Waals surface area contributed by atoms with Crippen molar-refractivity contribution in [1.82, 2.24) is 9.97 Å². The van der Waals surface area contributed by atoms with Gasteiger partial charge in [0.1, 0.15) is 6.33 Å². The van der Waals surface area contributed by atoms with Crippen molar-refractivity contribution >= 4 is 48.2 Å². The molecule has 0 unspecified atom stereocenters. The number of hydrogen-bond acceptors (Lipinski definition) is 5. The molecule has 0 amide bonds. The number of carbonyl (C=O) groups is 1. The molecule has 6 rings (SSSR count). The Kier molecular flexibility index (Phi) is 12.6. The van der Waals surface area contributed by atoms with Gasteiger partial charge >= 0.3 is 0 Å². The van der Waals surface area contributed by atoms with Gasteiger partial charge in [-0.05, 0) is 80.8 Å². The van der Waals surface area contributed by atoms with Crippen LogP contribution in [-0.4, -0.2) is 20.9 Å². The molecule has 2 heterocycles. The summed E-state index contributed by atoms with van der Waals surface area (Å²) in [5, 5.41) is 12.8. The Bertz CT molecular complexity index is 1930. The van der Waals surface area contributed by atoms with E-state index in [0.29, 0.717) is 17.4 Å². The van der Waals surface area contributed by atoms with Gasteiger partial charge in [-0.25, -0.2) is 4.98 Å². The van der Waals surface area contributed by atoms with Crippen LogP contribution in [0.5, 0.6) is 0 Å². The van der Waals surface area contributed by atoms with Crippen LogP contribution in [0.25, 0.3) is 42.3 Å². The molecule has 1 aliphatic rings. The molecule has 0 saturated heterocycles. The molecular weight excluding hydrogens is 789 g/mol. The predicted molar refractivity (Wildman–Crippen MR) is 200 cm³/mol. The second-order valence-electron chi connectivity index (χ2n) is 14.0. The molecule has 5 aromatic rings. The van der Waals surface area contributed by atoms with E-state index in [1.165, 1.54) is 53.0 Å². The van der Waals surface area contributed by atoms with E-state index in [2.05, 4.69) is 48.9 Å². The van der Waals surface area contributed by atoms with E-state index in [4.69, 9.17) is 1.37 Å². The van der Waals surface area contributed by atoms with Crippen molar-refractivity contribution < 1.29 is 31.4 Å². The molecule has 48 heavy (non-hydrogen) atoms. The van der Waals surface area contributed by atoms with E-state index in [-0.39, 0.29) is 43.5 Å². The molecule has 1 fully saturated rings. The third-order valence-corrected chi connectivity index (χ3v) is 11.7. The van der Waals surface area contributed by atoms with Crippen LogP contribution in [0.2, 0.25) is 0 Å². The van der Waals surface area contributed by atoms with Gasteiger partial charge in [-0.15, -0.1) is 41.0 Å². The first-order valence-corrected chi connectivity index (χ1v) is 18.4. The van der Waals surface area contributed by atoms with Crippen LogP contribution in [-0.2, 0) is 24.9 Å². The summed E-state index contributed by atoms with van der Waals surface area (Å²) in [6.07, 6.45) is 11.7. The maximum Gasteiger partial charge on any atom is 0.162 e. The number of aromatic nitrogens is 2. The Morgan fingerprint density at radius 2 is 1.67 bits per heavy atom. The molecule has 1 aliphatic carbocycles. The van der Waals surface area contributed by atoms with Gasteiger partial charge in [0.15, 0.2) is 5.78 Å². The number of rotatable bonds is 9. The molecule has 1 N–H and O–H groups in total. The minimum Gasteiger partial charge on any atom is -0.512 e. The van der Waals surface area contributed by atoms with E-state index < -0.39 is 0 Å². The van der Waals surface area contributed by atoms with Crippen LogP contribution in [0.3, 0.4) is 0 Å². The van der Waals surface area contributed by atoms with Crippen LogP contribution in [0.15, 0.2) is 66.7 Å². The first kappa shape index (κ1) is 36.4. The zero-order valence-electron chi connectivity index (χ0n) is 30.6. The molecule has 0 aliphatic heterocycles. The normalized spacial score (nSPS) is 15.4. The van der Waals surface area contributed by atoms with Gasteiger partial charge in [-0.2, -0.15) is 0 Å². The zero-order chi connectivity index (χ0) is 34.6. The second-order valence-corrected chi connectivity index (χ2v) is 15.0. The van der Waals surface area contributed by atoms with Crippen molar-refractivity contribution in [2.45, 2.75) is 106 Å². The molecule has 6 heteroatoms. The van der Waals surface area contributed by atoms with Crippen molar-refractivity contribution in [3.05, 3.63) is 83.9 Å².